The third-order valence-electron chi connectivity index (χ3n) is 3.98. The third kappa shape index (κ3) is 4.22. The van der Waals surface area contributed by atoms with Crippen molar-refractivity contribution in [1.82, 2.24) is 0 Å². The van der Waals surface area contributed by atoms with Gasteiger partial charge in [-0.2, -0.15) is 8.42 Å². The van der Waals surface area contributed by atoms with Crippen LogP contribution in [-0.4, -0.2) is 66.3 Å². The van der Waals surface area contributed by atoms with E-state index in [0.29, 0.717) is 26.3 Å². The van der Waals surface area contributed by atoms with Crippen LogP contribution >= 0.6 is 0 Å². The number of ether oxygens (including phenoxy) is 2. The molecular formula is C15H18F2N2O6S. The van der Waals surface area contributed by atoms with Crippen LogP contribution in [0.4, 0.5) is 25.0 Å². The van der Waals surface area contributed by atoms with Crippen LogP contribution in [0.1, 0.15) is 0 Å². The van der Waals surface area contributed by atoms with Crippen LogP contribution in [0.2, 0.25) is 0 Å². The van der Waals surface area contributed by atoms with E-state index in [1.165, 1.54) is 0 Å². The lowest BCUT2D eigenvalue weighted by molar-refractivity contribution is 0.107. The van der Waals surface area contributed by atoms with Gasteiger partial charge in [-0.15, -0.1) is 0 Å². The Morgan fingerprint density at radius 1 is 1.23 bits per heavy atom. The molecule has 2 aliphatic heterocycles. The van der Waals surface area contributed by atoms with Gasteiger partial charge in [0, 0.05) is 25.2 Å². The van der Waals surface area contributed by atoms with E-state index in [1.54, 1.807) is 4.90 Å². The fourth-order valence-corrected chi connectivity index (χ4v) is 3.21. The molecule has 0 N–H and O–H groups in total. The van der Waals surface area contributed by atoms with Gasteiger partial charge in [-0.3, -0.25) is 9.08 Å². The normalized spacial score (nSPS) is 21.2. The topological polar surface area (TPSA) is 85.4 Å². The van der Waals surface area contributed by atoms with Crippen molar-refractivity contribution >= 4 is 27.6 Å². The lowest BCUT2D eigenvalue weighted by Crippen LogP contribution is -2.37. The first-order valence-electron chi connectivity index (χ1n) is 7.89. The Kier molecular flexibility index (Phi) is 5.30. The minimum atomic E-state index is -3.69. The predicted molar refractivity (Wildman–Crippen MR) is 87.8 cm³/mol. The highest BCUT2D eigenvalue weighted by atomic mass is 32.2. The van der Waals surface area contributed by atoms with Crippen molar-refractivity contribution in [1.29, 1.82) is 0 Å². The minimum absolute atomic E-state index is 0.0103. The molecule has 2 saturated heterocycles. The maximum Gasteiger partial charge on any atom is 0.414 e. The number of carbonyl (C=O) groups is 1. The van der Waals surface area contributed by atoms with Gasteiger partial charge in [0.1, 0.15) is 18.4 Å². The molecule has 26 heavy (non-hydrogen) atoms. The maximum absolute atomic E-state index is 14.5. The number of amides is 1. The number of benzene rings is 1. The minimum Gasteiger partial charge on any atom is -0.441 e. The largest absolute Gasteiger partial charge is 0.441 e. The van der Waals surface area contributed by atoms with E-state index in [9.17, 15) is 22.0 Å². The van der Waals surface area contributed by atoms with E-state index in [2.05, 4.69) is 4.18 Å². The van der Waals surface area contributed by atoms with Crippen molar-refractivity contribution in [2.75, 3.05) is 55.5 Å². The number of halogens is 2. The summed E-state index contributed by atoms with van der Waals surface area (Å²) in [5.41, 5.74) is -0.176. The molecule has 0 radical (unpaired) electrons. The van der Waals surface area contributed by atoms with Gasteiger partial charge >= 0.3 is 6.09 Å². The summed E-state index contributed by atoms with van der Waals surface area (Å²) in [6, 6.07) is 2.10. The number of rotatable bonds is 5. The molecular weight excluding hydrogens is 374 g/mol. The smallest absolute Gasteiger partial charge is 0.414 e. The Labute approximate surface area is 149 Å². The molecule has 0 saturated carbocycles. The van der Waals surface area contributed by atoms with Crippen LogP contribution in [-0.2, 0) is 23.8 Å². The lowest BCUT2D eigenvalue weighted by Gasteiger charge is -2.29. The van der Waals surface area contributed by atoms with Gasteiger partial charge < -0.3 is 14.4 Å². The molecule has 2 aliphatic rings. The number of anilines is 2. The second-order valence-corrected chi connectivity index (χ2v) is 7.61. The molecule has 0 aliphatic carbocycles. The van der Waals surface area contributed by atoms with Crippen molar-refractivity contribution in [2.45, 2.75) is 6.10 Å². The molecule has 8 nitrogen and oxygen atoms in total. The Morgan fingerprint density at radius 3 is 2.42 bits per heavy atom. The number of cyclic esters (lactones) is 1. The summed E-state index contributed by atoms with van der Waals surface area (Å²) in [5.74, 6) is -1.60. The Morgan fingerprint density at radius 2 is 1.85 bits per heavy atom. The number of carbonyl (C=O) groups excluding carboxylic acids is 1. The molecule has 0 spiro atoms. The van der Waals surface area contributed by atoms with Crippen molar-refractivity contribution < 1.29 is 35.6 Å². The lowest BCUT2D eigenvalue weighted by atomic mass is 10.2. The number of hydrogen-bond donors (Lipinski definition) is 0. The van der Waals surface area contributed by atoms with E-state index in [4.69, 9.17) is 9.47 Å². The van der Waals surface area contributed by atoms with Crippen molar-refractivity contribution in [3.8, 4) is 0 Å². The number of morpholine rings is 1. The second-order valence-electron chi connectivity index (χ2n) is 5.96. The SMILES string of the molecule is CS(=O)(=O)OCC1CN(c2cc(F)c(N3CCOCC3)c(F)c2)C(=O)O1. The van der Waals surface area contributed by atoms with Gasteiger partial charge in [0.15, 0.2) is 11.6 Å². The number of hydrogen-bond acceptors (Lipinski definition) is 7. The Hall–Kier alpha value is -1.98. The molecule has 1 unspecified atom stereocenters. The highest BCUT2D eigenvalue weighted by Crippen LogP contribution is 2.31. The van der Waals surface area contributed by atoms with Gasteiger partial charge in [-0.05, 0) is 0 Å². The van der Waals surface area contributed by atoms with Crippen LogP contribution in [0, 0.1) is 11.6 Å². The van der Waals surface area contributed by atoms with Gasteiger partial charge in [-0.1, -0.05) is 0 Å². The van der Waals surface area contributed by atoms with Crippen LogP contribution in [0.5, 0.6) is 0 Å². The first-order valence-corrected chi connectivity index (χ1v) is 9.70. The molecule has 1 amide bonds. The van der Waals surface area contributed by atoms with Crippen LogP contribution in [0.15, 0.2) is 12.1 Å². The summed E-state index contributed by atoms with van der Waals surface area (Å²) in [4.78, 5) is 14.5. The maximum atomic E-state index is 14.5. The zero-order chi connectivity index (χ0) is 18.9. The summed E-state index contributed by atoms with van der Waals surface area (Å²) >= 11 is 0. The monoisotopic (exact) mass is 392 g/mol. The Balaban J connectivity index is 1.76. The second kappa shape index (κ2) is 7.33. The highest BCUT2D eigenvalue weighted by molar-refractivity contribution is 7.85. The zero-order valence-electron chi connectivity index (χ0n) is 14.0. The van der Waals surface area contributed by atoms with E-state index in [1.807, 2.05) is 0 Å². The van der Waals surface area contributed by atoms with Crippen LogP contribution < -0.4 is 9.80 Å². The van der Waals surface area contributed by atoms with Gasteiger partial charge in [0.25, 0.3) is 10.1 Å². The van der Waals surface area contributed by atoms with E-state index < -0.39 is 33.9 Å². The van der Waals surface area contributed by atoms with Crippen molar-refractivity contribution in [2.24, 2.45) is 0 Å². The van der Waals surface area contributed by atoms with Crippen LogP contribution in [0.25, 0.3) is 0 Å². The van der Waals surface area contributed by atoms with Gasteiger partial charge in [-0.25, -0.2) is 13.6 Å². The van der Waals surface area contributed by atoms with E-state index in [-0.39, 0.29) is 24.5 Å². The third-order valence-corrected chi connectivity index (χ3v) is 4.55. The summed E-state index contributed by atoms with van der Waals surface area (Å²) in [6.07, 6.45) is -0.816. The average molecular weight is 392 g/mol. The Bertz CT molecular complexity index is 774. The quantitative estimate of drug-likeness (QED) is 0.694. The fourth-order valence-electron chi connectivity index (χ4n) is 2.82. The summed E-state index contributed by atoms with van der Waals surface area (Å²) in [7, 11) is -3.69. The molecule has 1 aromatic carbocycles. The molecule has 3 rings (SSSR count). The highest BCUT2D eigenvalue weighted by Gasteiger charge is 2.34. The summed E-state index contributed by atoms with van der Waals surface area (Å²) in [5, 5.41) is 0. The van der Waals surface area contributed by atoms with Crippen molar-refractivity contribution in [3.63, 3.8) is 0 Å². The molecule has 11 heteroatoms. The van der Waals surface area contributed by atoms with E-state index in [0.717, 1.165) is 23.3 Å². The van der Waals surface area contributed by atoms with E-state index >= 15 is 0 Å². The van der Waals surface area contributed by atoms with Crippen molar-refractivity contribution in [3.05, 3.63) is 23.8 Å². The number of nitrogens with zero attached hydrogens (tertiary/aromatic N) is 2. The molecule has 0 aromatic heterocycles. The van der Waals surface area contributed by atoms with Gasteiger partial charge in [0.05, 0.1) is 31.7 Å². The molecule has 2 heterocycles. The van der Waals surface area contributed by atoms with Crippen LogP contribution in [0.3, 0.4) is 0 Å². The standard InChI is InChI=1S/C15H18F2N2O6S/c1-26(21,22)24-9-11-8-19(15(20)25-11)10-6-12(16)14(13(17)7-10)18-2-4-23-5-3-18/h6-7,11H,2-5,8-9H2,1H3. The molecule has 1 aromatic rings. The first kappa shape index (κ1) is 18.8. The predicted octanol–water partition coefficient (Wildman–Crippen LogP) is 1.10. The molecule has 2 fully saturated rings. The average Bonchev–Trinajstić information content (AvgIpc) is 2.94. The first-order chi connectivity index (χ1) is 12.2. The molecule has 0 bridgehead atoms. The zero-order valence-corrected chi connectivity index (χ0v) is 14.8. The molecule has 1 atom stereocenters. The van der Waals surface area contributed by atoms with Gasteiger partial charge in [0.2, 0.25) is 0 Å². The summed E-state index contributed by atoms with van der Waals surface area (Å²) in [6.45, 7) is 1.04. The molecule has 144 valence electrons. The fraction of sp³-hybridized carbons (Fsp3) is 0.533. The summed E-state index contributed by atoms with van der Waals surface area (Å²) < 4.78 is 65.7.